The summed E-state index contributed by atoms with van der Waals surface area (Å²) in [5.74, 6) is -6.15. The maximum Gasteiger partial charge on any atom is 0.335 e. The van der Waals surface area contributed by atoms with Crippen LogP contribution in [0, 0.1) is 31.5 Å². The van der Waals surface area contributed by atoms with E-state index in [1.165, 1.54) is 53.4 Å². The third kappa shape index (κ3) is 6.39. The van der Waals surface area contributed by atoms with Gasteiger partial charge >= 0.3 is 5.97 Å². The average Bonchev–Trinajstić information content (AvgIpc) is 2.97. The largest absolute Gasteiger partial charge is 0.478 e. The Kier molecular flexibility index (Phi) is 9.20. The van der Waals surface area contributed by atoms with E-state index in [-0.39, 0.29) is 58.9 Å². The molecular weight excluding hydrogens is 553 g/mol. The Labute approximate surface area is 249 Å². The van der Waals surface area contributed by atoms with Gasteiger partial charge in [0, 0.05) is 61.6 Å². The van der Waals surface area contributed by atoms with Crippen LogP contribution in [0.5, 0.6) is 0 Å². The number of likely N-dealkylation sites (N-methyl/N-ethyl adjacent to an activating group) is 1. The molecule has 0 bridgehead atoms. The molecule has 3 unspecified atom stereocenters. The van der Waals surface area contributed by atoms with E-state index < -0.39 is 47.0 Å². The molecule has 1 aliphatic rings. The lowest BCUT2D eigenvalue weighted by atomic mass is 9.67. The van der Waals surface area contributed by atoms with E-state index >= 15 is 0 Å². The number of nitrogens with two attached hydrogens (primary N) is 1. The standard InChI is InChI=1S/C33H34FN3O6/c1-18-23(11-6-12-24(18)33(42)43)31(40)26-16-37(17-28(38)36(3)4)15-25(29(26)22-10-7-13-27(34)19(22)2)30(39)20-8-5-9-21(14-20)32(35)41/h5-14,25-26,29H,15-17H2,1-4H3,(H2,35,41)(H,42,43). The maximum atomic E-state index is 15.0. The SMILES string of the molecule is Cc1c(C(=O)O)cccc1C(=O)C1CN(CC(=O)N(C)C)CC(C(=O)c2cccc(C(N)=O)c2)C1c1cccc(F)c1C. The van der Waals surface area contributed by atoms with E-state index in [1.807, 2.05) is 0 Å². The lowest BCUT2D eigenvalue weighted by Gasteiger charge is -2.43. The number of carboxylic acids is 1. The molecule has 0 radical (unpaired) electrons. The lowest BCUT2D eigenvalue weighted by molar-refractivity contribution is -0.130. The molecule has 1 saturated heterocycles. The average molecular weight is 588 g/mol. The van der Waals surface area contributed by atoms with Gasteiger partial charge in [-0.1, -0.05) is 36.4 Å². The Bertz CT molecular complexity index is 1620. The number of ketones is 2. The number of benzene rings is 3. The molecule has 3 aromatic rings. The van der Waals surface area contributed by atoms with Crippen molar-refractivity contribution in [1.29, 1.82) is 0 Å². The monoisotopic (exact) mass is 587 g/mol. The molecule has 1 heterocycles. The summed E-state index contributed by atoms with van der Waals surface area (Å²) in [6, 6.07) is 14.9. The van der Waals surface area contributed by atoms with Crippen molar-refractivity contribution in [2.75, 3.05) is 33.7 Å². The number of carbonyl (C=O) groups is 5. The highest BCUT2D eigenvalue weighted by Gasteiger charge is 2.46. The number of rotatable bonds is 9. The third-order valence-corrected chi connectivity index (χ3v) is 8.24. The van der Waals surface area contributed by atoms with Crippen molar-refractivity contribution in [3.8, 4) is 0 Å². The van der Waals surface area contributed by atoms with Crippen molar-refractivity contribution in [3.63, 3.8) is 0 Å². The Morgan fingerprint density at radius 3 is 2.07 bits per heavy atom. The summed E-state index contributed by atoms with van der Waals surface area (Å²) in [5, 5.41) is 9.69. The van der Waals surface area contributed by atoms with E-state index in [9.17, 15) is 33.5 Å². The van der Waals surface area contributed by atoms with Crippen molar-refractivity contribution in [2.24, 2.45) is 17.6 Å². The second-order valence-electron chi connectivity index (χ2n) is 11.1. The normalized spacial score (nSPS) is 18.6. The van der Waals surface area contributed by atoms with Crippen molar-refractivity contribution in [1.82, 2.24) is 9.80 Å². The summed E-state index contributed by atoms with van der Waals surface area (Å²) >= 11 is 0. The maximum absolute atomic E-state index is 15.0. The minimum absolute atomic E-state index is 0.0318. The summed E-state index contributed by atoms with van der Waals surface area (Å²) in [6.45, 7) is 3.20. The van der Waals surface area contributed by atoms with Crippen LogP contribution in [0.2, 0.25) is 0 Å². The van der Waals surface area contributed by atoms with Gasteiger partial charge in [-0.25, -0.2) is 9.18 Å². The highest BCUT2D eigenvalue weighted by atomic mass is 19.1. The molecule has 3 atom stereocenters. The van der Waals surface area contributed by atoms with Gasteiger partial charge < -0.3 is 15.7 Å². The van der Waals surface area contributed by atoms with Gasteiger partial charge in [0.1, 0.15) is 5.82 Å². The summed E-state index contributed by atoms with van der Waals surface area (Å²) in [6.07, 6.45) is 0. The van der Waals surface area contributed by atoms with Gasteiger partial charge in [-0.3, -0.25) is 24.1 Å². The van der Waals surface area contributed by atoms with Crippen LogP contribution in [-0.4, -0.2) is 78.0 Å². The zero-order chi connectivity index (χ0) is 31.6. The summed E-state index contributed by atoms with van der Waals surface area (Å²) in [7, 11) is 3.21. The Morgan fingerprint density at radius 2 is 1.44 bits per heavy atom. The number of piperidine rings is 1. The number of aromatic carboxylic acids is 1. The number of carbonyl (C=O) groups excluding carboxylic acids is 4. The van der Waals surface area contributed by atoms with E-state index in [4.69, 9.17) is 5.73 Å². The molecule has 224 valence electrons. The predicted molar refractivity (Wildman–Crippen MR) is 158 cm³/mol. The van der Waals surface area contributed by atoms with Crippen LogP contribution in [0.3, 0.4) is 0 Å². The van der Waals surface area contributed by atoms with E-state index in [1.54, 1.807) is 45.0 Å². The number of nitrogens with zero attached hydrogens (tertiary/aromatic N) is 2. The lowest BCUT2D eigenvalue weighted by Crippen LogP contribution is -2.52. The summed E-state index contributed by atoms with van der Waals surface area (Å²) in [5.41, 5.74) is 6.95. The molecule has 0 aliphatic carbocycles. The van der Waals surface area contributed by atoms with Crippen LogP contribution in [0.15, 0.2) is 60.7 Å². The smallest absolute Gasteiger partial charge is 0.335 e. The van der Waals surface area contributed by atoms with Crippen LogP contribution in [0.1, 0.15) is 64.0 Å². The van der Waals surface area contributed by atoms with Crippen molar-refractivity contribution >= 4 is 29.4 Å². The molecule has 2 amide bonds. The second kappa shape index (κ2) is 12.7. The first-order valence-corrected chi connectivity index (χ1v) is 13.8. The van der Waals surface area contributed by atoms with E-state index in [0.717, 1.165) is 0 Å². The fraction of sp³-hybridized carbons (Fsp3) is 0.303. The fourth-order valence-corrected chi connectivity index (χ4v) is 5.88. The molecule has 0 aromatic heterocycles. The topological polar surface area (TPSA) is 138 Å². The molecule has 4 rings (SSSR count). The van der Waals surface area contributed by atoms with E-state index in [2.05, 4.69) is 0 Å². The quantitative estimate of drug-likeness (QED) is 0.364. The molecule has 10 heteroatoms. The number of likely N-dealkylation sites (tertiary alicyclic amines) is 1. The molecule has 0 saturated carbocycles. The number of primary amides is 1. The van der Waals surface area contributed by atoms with Gasteiger partial charge in [0.25, 0.3) is 0 Å². The van der Waals surface area contributed by atoms with Crippen LogP contribution in [-0.2, 0) is 4.79 Å². The highest BCUT2D eigenvalue weighted by Crippen LogP contribution is 2.43. The van der Waals surface area contributed by atoms with Gasteiger partial charge in [0.05, 0.1) is 12.1 Å². The van der Waals surface area contributed by atoms with Gasteiger partial charge in [-0.2, -0.15) is 0 Å². The number of halogens is 1. The van der Waals surface area contributed by atoms with Crippen LogP contribution < -0.4 is 5.73 Å². The van der Waals surface area contributed by atoms with Gasteiger partial charge in [0.2, 0.25) is 11.8 Å². The third-order valence-electron chi connectivity index (χ3n) is 8.24. The van der Waals surface area contributed by atoms with Crippen LogP contribution in [0.25, 0.3) is 0 Å². The van der Waals surface area contributed by atoms with Crippen LogP contribution >= 0.6 is 0 Å². The summed E-state index contributed by atoms with van der Waals surface area (Å²) < 4.78 is 15.0. The van der Waals surface area contributed by atoms with Crippen LogP contribution in [0.4, 0.5) is 4.39 Å². The molecule has 43 heavy (non-hydrogen) atoms. The van der Waals surface area contributed by atoms with Gasteiger partial charge in [-0.15, -0.1) is 0 Å². The number of Topliss-reactive ketones (excluding diaryl/α,β-unsaturated/α-hetero) is 2. The number of hydrogen-bond acceptors (Lipinski definition) is 6. The molecule has 0 spiro atoms. The zero-order valence-electron chi connectivity index (χ0n) is 24.5. The second-order valence-corrected chi connectivity index (χ2v) is 11.1. The number of amides is 2. The Balaban J connectivity index is 1.92. The Morgan fingerprint density at radius 1 is 0.860 bits per heavy atom. The first kappa shape index (κ1) is 31.2. The molecular formula is C33H34FN3O6. The first-order chi connectivity index (χ1) is 20.3. The first-order valence-electron chi connectivity index (χ1n) is 13.8. The fourth-order valence-electron chi connectivity index (χ4n) is 5.88. The van der Waals surface area contributed by atoms with Crippen molar-refractivity contribution < 1.29 is 33.5 Å². The van der Waals surface area contributed by atoms with Crippen molar-refractivity contribution in [3.05, 3.63) is 105 Å². The summed E-state index contributed by atoms with van der Waals surface area (Å²) in [4.78, 5) is 68.4. The molecule has 9 nitrogen and oxygen atoms in total. The molecule has 3 N–H and O–H groups in total. The highest BCUT2D eigenvalue weighted by molar-refractivity contribution is 6.05. The van der Waals surface area contributed by atoms with Crippen molar-refractivity contribution in [2.45, 2.75) is 19.8 Å². The molecule has 3 aromatic carbocycles. The molecule has 1 aliphatic heterocycles. The number of carboxylic acid groups (broad SMARTS) is 1. The van der Waals surface area contributed by atoms with Gasteiger partial charge in [0.15, 0.2) is 11.6 Å². The zero-order valence-corrected chi connectivity index (χ0v) is 24.5. The minimum atomic E-state index is -1.19. The number of hydrogen-bond donors (Lipinski definition) is 2. The predicted octanol–water partition coefficient (Wildman–Crippen LogP) is 3.73. The van der Waals surface area contributed by atoms with E-state index in [0.29, 0.717) is 5.56 Å². The Hall–Kier alpha value is -4.70. The van der Waals surface area contributed by atoms with Gasteiger partial charge in [-0.05, 0) is 54.8 Å². The molecule has 1 fully saturated rings. The minimum Gasteiger partial charge on any atom is -0.478 e.